The zero-order valence-corrected chi connectivity index (χ0v) is 9.99. The van der Waals surface area contributed by atoms with Crippen LogP contribution in [-0.2, 0) is 6.42 Å². The molecule has 0 aromatic carbocycles. The first-order chi connectivity index (χ1) is 6.86. The molecule has 0 bridgehead atoms. The maximum atomic E-state index is 6.41. The number of thiophene rings is 1. The maximum Gasteiger partial charge on any atom is 0.0367 e. The van der Waals surface area contributed by atoms with Gasteiger partial charge in [-0.1, -0.05) is 25.3 Å². The molecule has 0 amide bonds. The largest absolute Gasteiger partial charge is 0.149 e. The first-order valence-electron chi connectivity index (χ1n) is 5.53. The van der Waals surface area contributed by atoms with Crippen LogP contribution in [0.1, 0.15) is 37.0 Å². The van der Waals surface area contributed by atoms with Crippen molar-refractivity contribution in [2.75, 3.05) is 0 Å². The fourth-order valence-corrected chi connectivity index (χ4v) is 3.43. The molecule has 78 valence electrons. The second-order valence-electron chi connectivity index (χ2n) is 4.20. The van der Waals surface area contributed by atoms with Crippen molar-refractivity contribution >= 4 is 22.9 Å². The van der Waals surface area contributed by atoms with Crippen molar-refractivity contribution in [2.45, 2.75) is 43.9 Å². The third-order valence-electron chi connectivity index (χ3n) is 3.11. The lowest BCUT2D eigenvalue weighted by atomic mass is 9.95. The molecule has 1 saturated carbocycles. The molecule has 0 nitrogen and oxygen atoms in total. The Bertz CT molecular complexity index is 255. The molecule has 0 spiro atoms. The molecular weight excluding hydrogens is 212 g/mol. The Morgan fingerprint density at radius 3 is 2.93 bits per heavy atom. The topological polar surface area (TPSA) is 0 Å². The van der Waals surface area contributed by atoms with E-state index in [1.807, 2.05) is 11.3 Å². The second-order valence-corrected chi connectivity index (χ2v) is 5.79. The van der Waals surface area contributed by atoms with Gasteiger partial charge >= 0.3 is 0 Å². The third-order valence-corrected chi connectivity index (χ3v) is 4.58. The molecule has 1 aliphatic rings. The predicted molar refractivity (Wildman–Crippen MR) is 64.2 cm³/mol. The van der Waals surface area contributed by atoms with Crippen molar-refractivity contribution in [3.8, 4) is 0 Å². The van der Waals surface area contributed by atoms with E-state index >= 15 is 0 Å². The van der Waals surface area contributed by atoms with Crippen LogP contribution in [0, 0.1) is 5.92 Å². The normalized spacial score (nSPS) is 28.6. The Hall–Kier alpha value is -0.0100. The summed E-state index contributed by atoms with van der Waals surface area (Å²) in [6, 6.07) is 4.37. The SMILES string of the molecule is ClC1CCCCCC1Cc1cccs1. The third kappa shape index (κ3) is 2.74. The van der Waals surface area contributed by atoms with E-state index < -0.39 is 0 Å². The summed E-state index contributed by atoms with van der Waals surface area (Å²) < 4.78 is 0. The van der Waals surface area contributed by atoms with E-state index in [0.717, 1.165) is 5.92 Å². The molecule has 1 aromatic rings. The van der Waals surface area contributed by atoms with Gasteiger partial charge in [-0.05, 0) is 36.6 Å². The average molecular weight is 229 g/mol. The second kappa shape index (κ2) is 5.18. The molecule has 2 heteroatoms. The molecule has 0 N–H and O–H groups in total. The lowest BCUT2D eigenvalue weighted by Crippen LogP contribution is -2.15. The quantitative estimate of drug-likeness (QED) is 0.517. The Morgan fingerprint density at radius 1 is 1.29 bits per heavy atom. The van der Waals surface area contributed by atoms with Crippen LogP contribution in [0.15, 0.2) is 17.5 Å². The monoisotopic (exact) mass is 228 g/mol. The van der Waals surface area contributed by atoms with E-state index in [1.165, 1.54) is 43.4 Å². The van der Waals surface area contributed by atoms with Crippen LogP contribution < -0.4 is 0 Å². The van der Waals surface area contributed by atoms with Crippen molar-refractivity contribution in [3.05, 3.63) is 22.4 Å². The van der Waals surface area contributed by atoms with Crippen molar-refractivity contribution in [2.24, 2.45) is 5.92 Å². The van der Waals surface area contributed by atoms with Crippen LogP contribution >= 0.6 is 22.9 Å². The van der Waals surface area contributed by atoms with Gasteiger partial charge in [-0.15, -0.1) is 22.9 Å². The van der Waals surface area contributed by atoms with Crippen LogP contribution in [0.2, 0.25) is 0 Å². The number of hydrogen-bond donors (Lipinski definition) is 0. The molecule has 1 fully saturated rings. The van der Waals surface area contributed by atoms with Crippen LogP contribution in [0.4, 0.5) is 0 Å². The van der Waals surface area contributed by atoms with E-state index in [0.29, 0.717) is 5.38 Å². The summed E-state index contributed by atoms with van der Waals surface area (Å²) in [4.78, 5) is 1.50. The van der Waals surface area contributed by atoms with E-state index in [-0.39, 0.29) is 0 Å². The Labute approximate surface area is 95.3 Å². The fourth-order valence-electron chi connectivity index (χ4n) is 2.26. The van der Waals surface area contributed by atoms with Gasteiger partial charge in [0, 0.05) is 10.3 Å². The highest BCUT2D eigenvalue weighted by Crippen LogP contribution is 2.31. The molecule has 1 aliphatic carbocycles. The van der Waals surface area contributed by atoms with Gasteiger partial charge in [0.1, 0.15) is 0 Å². The molecule has 2 rings (SSSR count). The summed E-state index contributed by atoms with van der Waals surface area (Å²) in [5, 5.41) is 2.58. The smallest absolute Gasteiger partial charge is 0.0367 e. The predicted octanol–water partition coefficient (Wildman–Crippen LogP) is 4.48. The highest BCUT2D eigenvalue weighted by Gasteiger charge is 2.21. The van der Waals surface area contributed by atoms with Gasteiger partial charge in [0.05, 0.1) is 0 Å². The minimum absolute atomic E-state index is 0.416. The van der Waals surface area contributed by atoms with Gasteiger partial charge in [-0.25, -0.2) is 0 Å². The van der Waals surface area contributed by atoms with Gasteiger partial charge < -0.3 is 0 Å². The van der Waals surface area contributed by atoms with E-state index in [2.05, 4.69) is 17.5 Å². The summed E-state index contributed by atoms with van der Waals surface area (Å²) in [6.07, 6.45) is 7.83. The first-order valence-corrected chi connectivity index (χ1v) is 6.84. The lowest BCUT2D eigenvalue weighted by Gasteiger charge is -2.18. The first kappa shape index (κ1) is 10.5. The van der Waals surface area contributed by atoms with Gasteiger partial charge in [0.25, 0.3) is 0 Å². The van der Waals surface area contributed by atoms with Crippen LogP contribution in [0.3, 0.4) is 0 Å². The van der Waals surface area contributed by atoms with Crippen molar-refractivity contribution in [3.63, 3.8) is 0 Å². The van der Waals surface area contributed by atoms with Gasteiger partial charge in [0.15, 0.2) is 0 Å². The Balaban J connectivity index is 1.94. The molecule has 0 aliphatic heterocycles. The standard InChI is InChI=1S/C12H17ClS/c13-12-7-3-1-2-5-10(12)9-11-6-4-8-14-11/h4,6,8,10,12H,1-3,5,7,9H2. The van der Waals surface area contributed by atoms with E-state index in [4.69, 9.17) is 11.6 Å². The van der Waals surface area contributed by atoms with Crippen molar-refractivity contribution in [1.82, 2.24) is 0 Å². The zero-order chi connectivity index (χ0) is 9.80. The summed E-state index contributed by atoms with van der Waals surface area (Å²) in [5.41, 5.74) is 0. The fraction of sp³-hybridized carbons (Fsp3) is 0.667. The minimum Gasteiger partial charge on any atom is -0.149 e. The molecule has 1 heterocycles. The van der Waals surface area contributed by atoms with E-state index in [9.17, 15) is 0 Å². The number of rotatable bonds is 2. The Kier molecular flexibility index (Phi) is 3.89. The molecule has 0 radical (unpaired) electrons. The Morgan fingerprint density at radius 2 is 2.14 bits per heavy atom. The zero-order valence-electron chi connectivity index (χ0n) is 8.42. The number of alkyl halides is 1. The summed E-state index contributed by atoms with van der Waals surface area (Å²) in [6.45, 7) is 0. The molecule has 2 atom stereocenters. The van der Waals surface area contributed by atoms with Gasteiger partial charge in [0.2, 0.25) is 0 Å². The van der Waals surface area contributed by atoms with Crippen LogP contribution in [-0.4, -0.2) is 5.38 Å². The van der Waals surface area contributed by atoms with Crippen LogP contribution in [0.25, 0.3) is 0 Å². The highest BCUT2D eigenvalue weighted by atomic mass is 35.5. The van der Waals surface area contributed by atoms with Crippen LogP contribution in [0.5, 0.6) is 0 Å². The van der Waals surface area contributed by atoms with Gasteiger partial charge in [-0.2, -0.15) is 0 Å². The van der Waals surface area contributed by atoms with E-state index in [1.54, 1.807) is 0 Å². The highest BCUT2D eigenvalue weighted by molar-refractivity contribution is 7.09. The minimum atomic E-state index is 0.416. The lowest BCUT2D eigenvalue weighted by molar-refractivity contribution is 0.468. The van der Waals surface area contributed by atoms with Gasteiger partial charge in [-0.3, -0.25) is 0 Å². The molecule has 0 saturated heterocycles. The summed E-state index contributed by atoms with van der Waals surface area (Å²) in [5.74, 6) is 0.720. The van der Waals surface area contributed by atoms with Crippen molar-refractivity contribution in [1.29, 1.82) is 0 Å². The molecule has 2 unspecified atom stereocenters. The average Bonchev–Trinajstić information content (AvgIpc) is 2.60. The molecular formula is C12H17ClS. The molecule has 1 aromatic heterocycles. The van der Waals surface area contributed by atoms with Crippen molar-refractivity contribution < 1.29 is 0 Å². The molecule has 14 heavy (non-hydrogen) atoms. The maximum absolute atomic E-state index is 6.41. The summed E-state index contributed by atoms with van der Waals surface area (Å²) in [7, 11) is 0. The number of halogens is 1. The number of hydrogen-bond acceptors (Lipinski definition) is 1. The summed E-state index contributed by atoms with van der Waals surface area (Å²) >= 11 is 8.28.